The molecule has 5 saturated carbocycles. The Morgan fingerprint density at radius 3 is 1.53 bits per heavy atom. The van der Waals surface area contributed by atoms with E-state index < -0.39 is 11.7 Å². The van der Waals surface area contributed by atoms with Crippen LogP contribution in [0.5, 0.6) is 40.2 Å². The van der Waals surface area contributed by atoms with Crippen molar-refractivity contribution in [2.24, 2.45) is 17.6 Å². The van der Waals surface area contributed by atoms with Gasteiger partial charge < -0.3 is 54.6 Å². The van der Waals surface area contributed by atoms with Crippen LogP contribution in [0.2, 0.25) is 20.1 Å². The highest BCUT2D eigenvalue weighted by Crippen LogP contribution is 2.51. The minimum absolute atomic E-state index is 0.0364. The fraction of sp³-hybridized carbons (Fsp3) is 0.471. The van der Waals surface area contributed by atoms with Crippen molar-refractivity contribution >= 4 is 69.6 Å². The molecule has 2 amide bonds. The molecule has 0 spiro atoms. The van der Waals surface area contributed by atoms with E-state index in [2.05, 4.69) is 38.8 Å². The number of methoxy groups -OCH3 is 4. The Morgan fingerprint density at radius 2 is 1.03 bits per heavy atom. The van der Waals surface area contributed by atoms with Crippen LogP contribution in [-0.2, 0) is 12.8 Å². The molecular weight excluding hydrogens is 1210 g/mol. The van der Waals surface area contributed by atoms with Crippen molar-refractivity contribution in [1.29, 1.82) is 0 Å². The van der Waals surface area contributed by atoms with E-state index in [0.717, 1.165) is 111 Å². The molecule has 88 heavy (non-hydrogen) atoms. The van der Waals surface area contributed by atoms with Gasteiger partial charge in [0.25, 0.3) is 11.8 Å². The number of halogens is 5. The fourth-order valence-electron chi connectivity index (χ4n) is 11.8. The summed E-state index contributed by atoms with van der Waals surface area (Å²) < 4.78 is 53.9. The minimum atomic E-state index is -0.737. The molecule has 0 unspecified atom stereocenters. The first kappa shape index (κ1) is 67.7. The Balaban J connectivity index is 0.000000154. The summed E-state index contributed by atoms with van der Waals surface area (Å²) in [7, 11) is 6.46. The molecular formula is C68H82Cl4FN5O10. The van der Waals surface area contributed by atoms with Gasteiger partial charge in [-0.3, -0.25) is 19.6 Å². The number of nitrogens with one attached hydrogen (secondary N) is 2. The van der Waals surface area contributed by atoms with Crippen molar-refractivity contribution < 1.29 is 52.2 Å². The largest absolute Gasteiger partial charge is 0.496 e. The monoisotopic (exact) mass is 1290 g/mol. The number of benzene rings is 4. The lowest BCUT2D eigenvalue weighted by atomic mass is 9.96. The van der Waals surface area contributed by atoms with Crippen molar-refractivity contribution in [2.75, 3.05) is 52.2 Å². The summed E-state index contributed by atoms with van der Waals surface area (Å²) in [6.07, 6.45) is 29.0. The van der Waals surface area contributed by atoms with Gasteiger partial charge in [0.1, 0.15) is 11.6 Å². The predicted octanol–water partition coefficient (Wildman–Crippen LogP) is 16.5. The van der Waals surface area contributed by atoms with Crippen LogP contribution in [0, 0.1) is 17.7 Å². The molecule has 5 N–H and O–H groups in total. The van der Waals surface area contributed by atoms with Gasteiger partial charge in [0.05, 0.1) is 83.8 Å². The second-order valence-electron chi connectivity index (χ2n) is 22.9. The summed E-state index contributed by atoms with van der Waals surface area (Å²) >= 11 is 24.1. The maximum atomic E-state index is 14.4. The van der Waals surface area contributed by atoms with Crippen LogP contribution < -0.4 is 49.5 Å². The van der Waals surface area contributed by atoms with Crippen LogP contribution in [0.25, 0.3) is 0 Å². The average molecular weight is 1290 g/mol. The van der Waals surface area contributed by atoms with E-state index in [-0.39, 0.29) is 39.1 Å². The number of carbonyl (C=O) groups is 2. The van der Waals surface area contributed by atoms with E-state index in [1.54, 1.807) is 27.4 Å². The van der Waals surface area contributed by atoms with Gasteiger partial charge in [-0.05, 0) is 192 Å². The number of hydrogen-bond acceptors (Lipinski definition) is 13. The highest BCUT2D eigenvalue weighted by Gasteiger charge is 2.38. The smallest absolute Gasteiger partial charge is 0.258 e. The first-order valence-electron chi connectivity index (χ1n) is 30.6. The zero-order chi connectivity index (χ0) is 62.5. The van der Waals surface area contributed by atoms with Gasteiger partial charge in [0, 0.05) is 43.0 Å². The van der Waals surface area contributed by atoms with Crippen LogP contribution >= 0.6 is 46.4 Å². The molecule has 6 aromatic rings. The van der Waals surface area contributed by atoms with Gasteiger partial charge in [-0.1, -0.05) is 84.2 Å². The van der Waals surface area contributed by atoms with Gasteiger partial charge in [-0.2, -0.15) is 0 Å². The van der Waals surface area contributed by atoms with Crippen LogP contribution in [0.3, 0.4) is 0 Å². The van der Waals surface area contributed by atoms with Crippen LogP contribution in [-0.4, -0.2) is 86.8 Å². The second-order valence-corrected chi connectivity index (χ2v) is 24.5. The number of aliphatic hydroxyl groups is 1. The molecule has 0 saturated heterocycles. The molecule has 0 aliphatic heterocycles. The zero-order valence-electron chi connectivity index (χ0n) is 50.7. The molecule has 5 aliphatic carbocycles. The number of nitrogens with zero attached hydrogens (tertiary/aromatic N) is 2. The first-order valence-corrected chi connectivity index (χ1v) is 32.1. The Hall–Kier alpha value is -6.27. The Bertz CT molecular complexity index is 3210. The van der Waals surface area contributed by atoms with Gasteiger partial charge in [0.15, 0.2) is 34.5 Å². The number of ether oxygens (including phenoxy) is 7. The molecule has 474 valence electrons. The molecule has 11 rings (SSSR count). The lowest BCUT2D eigenvalue weighted by Gasteiger charge is -2.17. The highest BCUT2D eigenvalue weighted by molar-refractivity contribution is 6.40. The molecule has 20 heteroatoms. The topological polar surface area (TPSA) is 195 Å². The van der Waals surface area contributed by atoms with Crippen molar-refractivity contribution in [3.8, 4) is 40.2 Å². The van der Waals surface area contributed by atoms with Gasteiger partial charge >= 0.3 is 0 Å². The van der Waals surface area contributed by atoms with E-state index in [0.29, 0.717) is 70.2 Å². The third-order valence-corrected chi connectivity index (χ3v) is 17.8. The molecule has 2 aromatic heterocycles. The summed E-state index contributed by atoms with van der Waals surface area (Å²) in [5.41, 5.74) is 10.1. The van der Waals surface area contributed by atoms with Gasteiger partial charge in [-0.25, -0.2) is 4.39 Å². The predicted molar refractivity (Wildman–Crippen MR) is 346 cm³/mol. The highest BCUT2D eigenvalue weighted by atomic mass is 35.5. The first-order chi connectivity index (χ1) is 42.7. The molecule has 15 nitrogen and oxygen atoms in total. The third kappa shape index (κ3) is 19.1. The molecule has 0 radical (unpaired) electrons. The van der Waals surface area contributed by atoms with Crippen molar-refractivity contribution in [3.63, 3.8) is 0 Å². The standard InChI is InChI=1S/C19H20Cl2N2O2.C18H17Cl2FN2O3.C17H24O3.C14H21NO2/c1-25-17-7-6-13(9-14(17)8-12-4-2-3-5-12)19(24)23-18-15(20)10-22-11-16(18)21;1-25-15-7-14(21)11(6-16(15)26-10-4-2-3-5-10)18(24)23-17-12(19)8-22-9-13(17)20;1-19-16-7-6-12(15-10-13(15)8-9-18)11-17(16)20-14-4-2-3-5-14;1-16-13-7-6-11(8-9-15)10-14(13)17-12-4-2-3-5-12/h6-7,9-12H,2-5,8H2,1H3,(H,22,23,24);6-10H,2-5H2,1H3,(H,22,23,24);6-7,11,13-15,18H,2-5,8-10H2,1H3;6-7,10,12H,2-5,8-9,15H2,1H3/t;;13-,15+;/m..0./s1. The van der Waals surface area contributed by atoms with Gasteiger partial charge in [-0.15, -0.1) is 0 Å². The summed E-state index contributed by atoms with van der Waals surface area (Å²) in [6, 6.07) is 20.3. The quantitative estimate of drug-likeness (QED) is 0.0532. The Kier molecular flexibility index (Phi) is 26.2. The van der Waals surface area contributed by atoms with Crippen LogP contribution in [0.1, 0.15) is 159 Å². The van der Waals surface area contributed by atoms with Crippen molar-refractivity contribution in [3.05, 3.63) is 145 Å². The van der Waals surface area contributed by atoms with Crippen molar-refractivity contribution in [1.82, 2.24) is 9.97 Å². The zero-order valence-corrected chi connectivity index (χ0v) is 53.7. The number of aliphatic hydroxyl groups excluding tert-OH is 1. The lowest BCUT2D eigenvalue weighted by Crippen LogP contribution is -2.16. The number of aromatic nitrogens is 2. The number of pyridine rings is 2. The maximum absolute atomic E-state index is 14.4. The van der Waals surface area contributed by atoms with E-state index in [4.69, 9.17) is 90.4 Å². The SMILES string of the molecule is COc1cc(F)c(C(=O)Nc2c(Cl)cncc2Cl)cc1OC1CCCC1.COc1ccc(C(=O)Nc2c(Cl)cncc2Cl)cc1CC1CCCC1.COc1ccc(CCN)cc1OC1CCCC1.COc1ccc([C@H]2C[C@@H]2CCO)cc1OC1CCCC1. The minimum Gasteiger partial charge on any atom is -0.496 e. The number of anilines is 2. The molecule has 2 heterocycles. The van der Waals surface area contributed by atoms with Crippen LogP contribution in [0.15, 0.2) is 91.5 Å². The number of carbonyl (C=O) groups excluding carboxylic acids is 2. The number of amides is 2. The number of nitrogens with two attached hydrogens (primary N) is 1. The Morgan fingerprint density at radius 1 is 0.568 bits per heavy atom. The molecule has 2 atom stereocenters. The summed E-state index contributed by atoms with van der Waals surface area (Å²) in [5, 5.41) is 15.2. The van der Waals surface area contributed by atoms with E-state index in [1.165, 1.54) is 107 Å². The third-order valence-electron chi connectivity index (χ3n) is 16.7. The Labute approximate surface area is 536 Å². The van der Waals surface area contributed by atoms with Gasteiger partial charge in [0.2, 0.25) is 0 Å². The number of rotatable bonds is 21. The lowest BCUT2D eigenvalue weighted by molar-refractivity contribution is 0.101. The van der Waals surface area contributed by atoms with Crippen molar-refractivity contribution in [2.45, 2.75) is 153 Å². The number of hydrogen-bond donors (Lipinski definition) is 4. The van der Waals surface area contributed by atoms with E-state index >= 15 is 0 Å². The fourth-order valence-corrected chi connectivity index (χ4v) is 12.8. The maximum Gasteiger partial charge on any atom is 0.258 e. The summed E-state index contributed by atoms with van der Waals surface area (Å²) in [5.74, 6) is 5.02. The second kappa shape index (κ2) is 34.1. The van der Waals surface area contributed by atoms with E-state index in [9.17, 15) is 14.0 Å². The normalized spacial score (nSPS) is 17.3. The molecule has 5 fully saturated rings. The molecule has 5 aliphatic rings. The molecule has 4 aromatic carbocycles. The average Bonchev–Trinajstić information content (AvgIpc) is 2.87. The van der Waals surface area contributed by atoms with Crippen LogP contribution in [0.4, 0.5) is 15.8 Å². The summed E-state index contributed by atoms with van der Waals surface area (Å²) in [6.45, 7) is 0.956. The molecule has 0 bridgehead atoms. The summed E-state index contributed by atoms with van der Waals surface area (Å²) in [4.78, 5) is 32.9. The van der Waals surface area contributed by atoms with E-state index in [1.807, 2.05) is 30.3 Å².